The Kier molecular flexibility index (Phi) is 20.6. The van der Waals surface area contributed by atoms with Gasteiger partial charge in [0.2, 0.25) is 0 Å². The van der Waals surface area contributed by atoms with Gasteiger partial charge in [0.15, 0.2) is 6.10 Å². The first kappa shape index (κ1) is 33.0. The maximum atomic E-state index is 12.2. The van der Waals surface area contributed by atoms with E-state index in [1.54, 1.807) is 6.92 Å². The number of phosphoric acid groups is 1. The maximum absolute atomic E-state index is 12.2. The molecule has 0 saturated heterocycles. The van der Waals surface area contributed by atoms with Gasteiger partial charge in [-0.05, 0) is 6.42 Å². The van der Waals surface area contributed by atoms with Gasteiger partial charge in [-0.2, -0.15) is 0 Å². The fourth-order valence-corrected chi connectivity index (χ4v) is 3.82. The summed E-state index contributed by atoms with van der Waals surface area (Å²) < 4.78 is 31.5. The molecule has 0 bridgehead atoms. The monoisotopic (exact) mass is 512 g/mol. The molecule has 34 heavy (non-hydrogen) atoms. The lowest BCUT2D eigenvalue weighted by molar-refractivity contribution is -0.161. The maximum Gasteiger partial charge on any atom is 0.472 e. The molecule has 0 spiro atoms. The Labute approximate surface area is 203 Å². The second-order valence-corrected chi connectivity index (χ2v) is 9.78. The average Bonchev–Trinajstić information content (AvgIpc) is 2.82. The molecule has 11 heteroatoms. The van der Waals surface area contributed by atoms with Gasteiger partial charge in [0.25, 0.3) is 0 Å². The van der Waals surface area contributed by atoms with Crippen LogP contribution >= 0.6 is 7.82 Å². The van der Waals surface area contributed by atoms with Crippen LogP contribution in [0.25, 0.3) is 0 Å². The second-order valence-electron chi connectivity index (χ2n) is 8.33. The highest BCUT2D eigenvalue weighted by molar-refractivity contribution is 7.47. The quantitative estimate of drug-likeness (QED) is 0.104. The Morgan fingerprint density at radius 3 is 1.85 bits per heavy atom. The van der Waals surface area contributed by atoms with Crippen molar-refractivity contribution in [3.8, 4) is 0 Å². The van der Waals surface area contributed by atoms with E-state index in [-0.39, 0.29) is 19.4 Å². The minimum absolute atomic E-state index is 0.126. The molecule has 0 aliphatic rings. The van der Waals surface area contributed by atoms with E-state index in [0.717, 1.165) is 19.3 Å². The normalized spacial score (nSPS) is 14.9. The lowest BCUT2D eigenvalue weighted by Crippen LogP contribution is -2.29. The van der Waals surface area contributed by atoms with Crippen LogP contribution in [0.15, 0.2) is 0 Å². The van der Waals surface area contributed by atoms with Gasteiger partial charge in [0, 0.05) is 12.8 Å². The highest BCUT2D eigenvalue weighted by Crippen LogP contribution is 2.43. The fourth-order valence-electron chi connectivity index (χ4n) is 3.03. The number of phosphoric ester groups is 1. The van der Waals surface area contributed by atoms with Crippen molar-refractivity contribution >= 4 is 19.8 Å². The van der Waals surface area contributed by atoms with Gasteiger partial charge in [-0.1, -0.05) is 78.1 Å². The van der Waals surface area contributed by atoms with Crippen molar-refractivity contribution in [1.82, 2.24) is 0 Å². The molecule has 3 atom stereocenters. The number of hydrogen-bond donors (Lipinski definition) is 3. The van der Waals surface area contributed by atoms with Crippen LogP contribution in [0.5, 0.6) is 0 Å². The summed E-state index contributed by atoms with van der Waals surface area (Å²) in [5.41, 5.74) is 0. The number of aliphatic hydroxyl groups excluding tert-OH is 2. The van der Waals surface area contributed by atoms with Crippen LogP contribution in [0.4, 0.5) is 0 Å². The van der Waals surface area contributed by atoms with E-state index >= 15 is 0 Å². The minimum Gasteiger partial charge on any atom is -0.462 e. The molecule has 0 heterocycles. The van der Waals surface area contributed by atoms with Crippen molar-refractivity contribution in [1.29, 1.82) is 0 Å². The van der Waals surface area contributed by atoms with E-state index in [1.165, 1.54) is 44.9 Å². The van der Waals surface area contributed by atoms with Gasteiger partial charge in [0.05, 0.1) is 19.8 Å². The zero-order chi connectivity index (χ0) is 25.7. The lowest BCUT2D eigenvalue weighted by atomic mass is 10.1. The molecule has 0 saturated carbocycles. The smallest absolute Gasteiger partial charge is 0.462 e. The largest absolute Gasteiger partial charge is 0.472 e. The lowest BCUT2D eigenvalue weighted by Gasteiger charge is -2.20. The van der Waals surface area contributed by atoms with E-state index in [0.29, 0.717) is 6.42 Å². The summed E-state index contributed by atoms with van der Waals surface area (Å²) in [5, 5.41) is 17.9. The number of carbonyl (C=O) groups is 2. The number of carbonyl (C=O) groups excluding carboxylic acids is 2. The Balaban J connectivity index is 4.23. The van der Waals surface area contributed by atoms with Crippen LogP contribution in [0.3, 0.4) is 0 Å². The Bertz CT molecular complexity index is 572. The molecule has 0 aromatic carbocycles. The van der Waals surface area contributed by atoms with Gasteiger partial charge < -0.3 is 24.6 Å². The topological polar surface area (TPSA) is 149 Å². The molecule has 10 nitrogen and oxygen atoms in total. The summed E-state index contributed by atoms with van der Waals surface area (Å²) in [6, 6.07) is 0. The van der Waals surface area contributed by atoms with Gasteiger partial charge in [-0.25, -0.2) is 4.57 Å². The predicted molar refractivity (Wildman–Crippen MR) is 127 cm³/mol. The third-order valence-electron chi connectivity index (χ3n) is 5.07. The molecule has 202 valence electrons. The minimum atomic E-state index is -4.56. The van der Waals surface area contributed by atoms with E-state index in [9.17, 15) is 24.2 Å². The summed E-state index contributed by atoms with van der Waals surface area (Å²) >= 11 is 0. The van der Waals surface area contributed by atoms with E-state index < -0.39 is 51.8 Å². The first-order valence-electron chi connectivity index (χ1n) is 12.5. The predicted octanol–water partition coefficient (Wildman–Crippen LogP) is 4.04. The highest BCUT2D eigenvalue weighted by atomic mass is 31.2. The van der Waals surface area contributed by atoms with E-state index in [2.05, 4.69) is 11.4 Å². The average molecular weight is 513 g/mol. The van der Waals surface area contributed by atoms with Gasteiger partial charge in [-0.15, -0.1) is 0 Å². The van der Waals surface area contributed by atoms with Crippen LogP contribution in [0.1, 0.15) is 97.3 Å². The molecular weight excluding hydrogens is 467 g/mol. The third-order valence-corrected chi connectivity index (χ3v) is 6.02. The summed E-state index contributed by atoms with van der Waals surface area (Å²) in [7, 11) is -4.56. The number of aliphatic hydroxyl groups is 2. The van der Waals surface area contributed by atoms with Crippen LogP contribution < -0.4 is 0 Å². The molecule has 3 unspecified atom stereocenters. The van der Waals surface area contributed by atoms with Crippen LogP contribution in [-0.2, 0) is 32.7 Å². The second kappa shape index (κ2) is 21.3. The summed E-state index contributed by atoms with van der Waals surface area (Å²) in [5.74, 6) is -1.03. The van der Waals surface area contributed by atoms with Crippen LogP contribution in [0.2, 0.25) is 0 Å². The zero-order valence-corrected chi connectivity index (χ0v) is 21.7. The Hall–Kier alpha value is -1.03. The number of hydrogen-bond acceptors (Lipinski definition) is 9. The zero-order valence-electron chi connectivity index (χ0n) is 20.8. The summed E-state index contributed by atoms with van der Waals surface area (Å²) in [4.78, 5) is 33.2. The van der Waals surface area contributed by atoms with Crippen molar-refractivity contribution in [3.05, 3.63) is 0 Å². The van der Waals surface area contributed by atoms with Crippen molar-refractivity contribution in [3.63, 3.8) is 0 Å². The molecule has 0 aromatic heterocycles. The molecular formula is C23H45O10P. The first-order chi connectivity index (χ1) is 16.2. The molecule has 0 amide bonds. The van der Waals surface area contributed by atoms with Gasteiger partial charge in [-0.3, -0.25) is 18.6 Å². The Morgan fingerprint density at radius 2 is 1.32 bits per heavy atom. The highest BCUT2D eigenvalue weighted by Gasteiger charge is 2.26. The Morgan fingerprint density at radius 1 is 0.794 bits per heavy atom. The van der Waals surface area contributed by atoms with Crippen molar-refractivity contribution in [2.75, 3.05) is 26.4 Å². The molecule has 0 aromatic rings. The SMILES string of the molecule is CCCCCCCCCCCCCC(=O)OC(COC(=O)CC)COP(=O)(O)OCC(O)CO. The number of esters is 2. The molecule has 0 fully saturated rings. The fraction of sp³-hybridized carbons (Fsp3) is 0.913. The van der Waals surface area contributed by atoms with E-state index in [1.807, 2.05) is 0 Å². The van der Waals surface area contributed by atoms with Crippen molar-refractivity contribution in [2.24, 2.45) is 0 Å². The van der Waals surface area contributed by atoms with Gasteiger partial charge >= 0.3 is 19.8 Å². The number of unbranched alkanes of at least 4 members (excludes halogenated alkanes) is 10. The molecule has 0 rings (SSSR count). The van der Waals surface area contributed by atoms with E-state index in [4.69, 9.17) is 19.1 Å². The number of rotatable bonds is 23. The summed E-state index contributed by atoms with van der Waals surface area (Å²) in [6.45, 7) is 1.70. The number of ether oxygens (including phenoxy) is 2. The van der Waals surface area contributed by atoms with Crippen LogP contribution in [0, 0.1) is 0 Å². The summed E-state index contributed by atoms with van der Waals surface area (Å²) in [6.07, 6.45) is 10.6. The van der Waals surface area contributed by atoms with Crippen molar-refractivity contribution < 1.29 is 47.8 Å². The van der Waals surface area contributed by atoms with Crippen molar-refractivity contribution in [2.45, 2.75) is 110 Å². The first-order valence-corrected chi connectivity index (χ1v) is 14.0. The standard InChI is InChI=1S/C23H45O10P/c1-3-5-6-7-8-9-10-11-12-13-14-15-23(27)33-21(18-30-22(26)4-2)19-32-34(28,29)31-17-20(25)16-24/h20-21,24-25H,3-19H2,1-2H3,(H,28,29). The van der Waals surface area contributed by atoms with Crippen LogP contribution in [-0.4, -0.2) is 65.7 Å². The third kappa shape index (κ3) is 20.4. The molecule has 0 aliphatic heterocycles. The van der Waals surface area contributed by atoms with Gasteiger partial charge in [0.1, 0.15) is 12.7 Å². The molecule has 3 N–H and O–H groups in total. The molecule has 0 aliphatic carbocycles. The molecule has 0 radical (unpaired) electrons.